The number of nitrogens with zero attached hydrogens (tertiary/aromatic N) is 1. The topological polar surface area (TPSA) is 57.6 Å². The molecule has 1 rings (SSSR count). The minimum absolute atomic E-state index is 0.00921. The Labute approximate surface area is 120 Å². The number of benzene rings is 1. The first kappa shape index (κ1) is 16.2. The molecule has 1 aromatic rings. The van der Waals surface area contributed by atoms with E-state index >= 15 is 0 Å². The number of amides is 1. The van der Waals surface area contributed by atoms with Gasteiger partial charge in [-0.2, -0.15) is 0 Å². The zero-order valence-electron chi connectivity index (χ0n) is 12.4. The molecule has 1 aromatic carbocycles. The normalized spacial score (nSPS) is 13.6. The lowest BCUT2D eigenvalue weighted by Gasteiger charge is -2.30. The molecule has 0 heterocycles. The maximum Gasteiger partial charge on any atom is 0.305 e. The van der Waals surface area contributed by atoms with Gasteiger partial charge in [-0.25, -0.2) is 0 Å². The standard InChI is InChI=1S/C16H23NO3/c1-4-14(13-9-7-6-8-10-13)16(20)17(5-2)12(3)11-15(18)19/h6-10,12,14H,4-5,11H2,1-3H3,(H,18,19). The Kier molecular flexibility index (Phi) is 6.22. The van der Waals surface area contributed by atoms with Crippen molar-refractivity contribution < 1.29 is 14.7 Å². The van der Waals surface area contributed by atoms with Crippen LogP contribution in [-0.2, 0) is 9.59 Å². The van der Waals surface area contributed by atoms with E-state index in [-0.39, 0.29) is 24.3 Å². The highest BCUT2D eigenvalue weighted by Crippen LogP contribution is 2.23. The Balaban J connectivity index is 2.91. The number of rotatable bonds is 7. The van der Waals surface area contributed by atoms with Crippen LogP contribution in [0.5, 0.6) is 0 Å². The summed E-state index contributed by atoms with van der Waals surface area (Å²) in [5.74, 6) is -1.07. The molecule has 4 nitrogen and oxygen atoms in total. The second-order valence-electron chi connectivity index (χ2n) is 4.94. The monoisotopic (exact) mass is 277 g/mol. The molecule has 20 heavy (non-hydrogen) atoms. The summed E-state index contributed by atoms with van der Waals surface area (Å²) in [4.78, 5) is 25.1. The second-order valence-corrected chi connectivity index (χ2v) is 4.94. The number of carbonyl (C=O) groups is 2. The number of carbonyl (C=O) groups excluding carboxylic acids is 1. The predicted octanol–water partition coefficient (Wildman–Crippen LogP) is 2.89. The van der Waals surface area contributed by atoms with Crippen LogP contribution in [0, 0.1) is 0 Å². The minimum Gasteiger partial charge on any atom is -0.481 e. The van der Waals surface area contributed by atoms with Gasteiger partial charge in [-0.05, 0) is 25.8 Å². The van der Waals surface area contributed by atoms with Crippen LogP contribution in [0.25, 0.3) is 0 Å². The van der Waals surface area contributed by atoms with E-state index in [1.807, 2.05) is 44.2 Å². The molecule has 0 bridgehead atoms. The molecule has 1 N–H and O–H groups in total. The largest absolute Gasteiger partial charge is 0.481 e. The lowest BCUT2D eigenvalue weighted by atomic mass is 9.94. The Hall–Kier alpha value is -1.84. The molecular formula is C16H23NO3. The third kappa shape index (κ3) is 4.08. The Morgan fingerprint density at radius 3 is 2.25 bits per heavy atom. The van der Waals surface area contributed by atoms with Gasteiger partial charge in [0.05, 0.1) is 12.3 Å². The van der Waals surface area contributed by atoms with Gasteiger partial charge < -0.3 is 10.0 Å². The van der Waals surface area contributed by atoms with Gasteiger partial charge in [0.15, 0.2) is 0 Å². The lowest BCUT2D eigenvalue weighted by molar-refractivity contribution is -0.141. The highest BCUT2D eigenvalue weighted by atomic mass is 16.4. The average Bonchev–Trinajstić information content (AvgIpc) is 2.40. The molecule has 0 fully saturated rings. The maximum absolute atomic E-state index is 12.7. The van der Waals surface area contributed by atoms with Crippen LogP contribution in [0.1, 0.15) is 45.1 Å². The number of aliphatic carboxylic acids is 1. The Bertz CT molecular complexity index is 444. The van der Waals surface area contributed by atoms with E-state index in [1.54, 1.807) is 11.8 Å². The minimum atomic E-state index is -0.878. The van der Waals surface area contributed by atoms with Gasteiger partial charge in [0.1, 0.15) is 0 Å². The predicted molar refractivity (Wildman–Crippen MR) is 78.6 cm³/mol. The number of carboxylic acid groups (broad SMARTS) is 1. The number of carboxylic acids is 1. The maximum atomic E-state index is 12.7. The molecule has 0 aliphatic rings. The highest BCUT2D eigenvalue weighted by molar-refractivity contribution is 5.84. The van der Waals surface area contributed by atoms with E-state index in [0.29, 0.717) is 13.0 Å². The van der Waals surface area contributed by atoms with Crippen molar-refractivity contribution in [1.82, 2.24) is 4.90 Å². The number of hydrogen-bond acceptors (Lipinski definition) is 2. The fourth-order valence-corrected chi connectivity index (χ4v) is 2.49. The van der Waals surface area contributed by atoms with Crippen LogP contribution in [0.15, 0.2) is 30.3 Å². The van der Waals surface area contributed by atoms with E-state index < -0.39 is 5.97 Å². The van der Waals surface area contributed by atoms with Crippen LogP contribution in [0.2, 0.25) is 0 Å². The van der Waals surface area contributed by atoms with Gasteiger partial charge in [0.2, 0.25) is 5.91 Å². The SMILES string of the molecule is CCC(C(=O)N(CC)C(C)CC(=O)O)c1ccccc1. The van der Waals surface area contributed by atoms with E-state index in [0.717, 1.165) is 5.56 Å². The molecule has 0 saturated carbocycles. The highest BCUT2D eigenvalue weighted by Gasteiger charge is 2.27. The van der Waals surface area contributed by atoms with Crippen LogP contribution < -0.4 is 0 Å². The number of hydrogen-bond donors (Lipinski definition) is 1. The van der Waals surface area contributed by atoms with Crippen molar-refractivity contribution >= 4 is 11.9 Å². The van der Waals surface area contributed by atoms with Crippen LogP contribution in [0.3, 0.4) is 0 Å². The van der Waals surface area contributed by atoms with Crippen LogP contribution >= 0.6 is 0 Å². The molecule has 0 aromatic heterocycles. The van der Waals surface area contributed by atoms with Crippen molar-refractivity contribution in [2.24, 2.45) is 0 Å². The molecular weight excluding hydrogens is 254 g/mol. The van der Waals surface area contributed by atoms with Crippen molar-refractivity contribution in [2.45, 2.75) is 45.6 Å². The van der Waals surface area contributed by atoms with Crippen molar-refractivity contribution in [3.8, 4) is 0 Å². The van der Waals surface area contributed by atoms with Crippen LogP contribution in [0.4, 0.5) is 0 Å². The number of likely N-dealkylation sites (N-methyl/N-ethyl adjacent to an activating group) is 1. The van der Waals surface area contributed by atoms with Gasteiger partial charge in [0, 0.05) is 12.6 Å². The van der Waals surface area contributed by atoms with Gasteiger partial charge in [-0.15, -0.1) is 0 Å². The third-order valence-corrected chi connectivity index (χ3v) is 3.53. The molecule has 0 aliphatic carbocycles. The zero-order chi connectivity index (χ0) is 15.1. The smallest absolute Gasteiger partial charge is 0.305 e. The zero-order valence-corrected chi connectivity index (χ0v) is 12.4. The van der Waals surface area contributed by atoms with Crippen molar-refractivity contribution in [2.75, 3.05) is 6.54 Å². The molecule has 2 unspecified atom stereocenters. The Morgan fingerprint density at radius 1 is 1.20 bits per heavy atom. The fourth-order valence-electron chi connectivity index (χ4n) is 2.49. The average molecular weight is 277 g/mol. The quantitative estimate of drug-likeness (QED) is 0.833. The summed E-state index contributed by atoms with van der Waals surface area (Å²) in [6, 6.07) is 9.36. The van der Waals surface area contributed by atoms with Crippen LogP contribution in [-0.4, -0.2) is 34.5 Å². The first-order valence-corrected chi connectivity index (χ1v) is 7.08. The molecule has 0 aliphatic heterocycles. The molecule has 0 radical (unpaired) electrons. The lowest BCUT2D eigenvalue weighted by Crippen LogP contribution is -2.42. The van der Waals surface area contributed by atoms with E-state index in [1.165, 1.54) is 0 Å². The van der Waals surface area contributed by atoms with E-state index in [2.05, 4.69) is 0 Å². The summed E-state index contributed by atoms with van der Waals surface area (Å²) in [7, 11) is 0. The summed E-state index contributed by atoms with van der Waals surface area (Å²) >= 11 is 0. The van der Waals surface area contributed by atoms with E-state index in [4.69, 9.17) is 5.11 Å². The first-order valence-electron chi connectivity index (χ1n) is 7.08. The van der Waals surface area contributed by atoms with E-state index in [9.17, 15) is 9.59 Å². The van der Waals surface area contributed by atoms with Crippen molar-refractivity contribution in [3.05, 3.63) is 35.9 Å². The first-order chi connectivity index (χ1) is 9.51. The Morgan fingerprint density at radius 2 is 1.80 bits per heavy atom. The molecule has 110 valence electrons. The summed E-state index contributed by atoms with van der Waals surface area (Å²) in [6.45, 7) is 6.17. The molecule has 1 amide bonds. The molecule has 0 saturated heterocycles. The van der Waals surface area contributed by atoms with Gasteiger partial charge in [-0.1, -0.05) is 37.3 Å². The molecule has 4 heteroatoms. The summed E-state index contributed by atoms with van der Waals surface area (Å²) in [5, 5.41) is 8.88. The van der Waals surface area contributed by atoms with Gasteiger partial charge >= 0.3 is 5.97 Å². The van der Waals surface area contributed by atoms with Crippen molar-refractivity contribution in [3.63, 3.8) is 0 Å². The molecule has 2 atom stereocenters. The fraction of sp³-hybridized carbons (Fsp3) is 0.500. The summed E-state index contributed by atoms with van der Waals surface area (Å²) in [5.41, 5.74) is 0.987. The molecule has 0 spiro atoms. The van der Waals surface area contributed by atoms with Crippen molar-refractivity contribution in [1.29, 1.82) is 0 Å². The second kappa shape index (κ2) is 7.68. The summed E-state index contributed by atoms with van der Waals surface area (Å²) < 4.78 is 0. The third-order valence-electron chi connectivity index (χ3n) is 3.53. The summed E-state index contributed by atoms with van der Waals surface area (Å²) in [6.07, 6.45) is 0.684. The van der Waals surface area contributed by atoms with Gasteiger partial charge in [0.25, 0.3) is 0 Å². The van der Waals surface area contributed by atoms with Gasteiger partial charge in [-0.3, -0.25) is 9.59 Å².